The van der Waals surface area contributed by atoms with Crippen LogP contribution >= 0.6 is 0 Å². The maximum absolute atomic E-state index is 11.5. The minimum Gasteiger partial charge on any atom is -0.462 e. The van der Waals surface area contributed by atoms with Crippen molar-refractivity contribution in [1.29, 1.82) is 0 Å². The molecule has 1 aliphatic rings. The van der Waals surface area contributed by atoms with Crippen LogP contribution in [-0.2, 0) is 9.53 Å². The Bertz CT molecular complexity index is 286. The Morgan fingerprint density at radius 1 is 1.11 bits per heavy atom. The summed E-state index contributed by atoms with van der Waals surface area (Å²) in [5.41, 5.74) is 0.190. The second kappa shape index (κ2) is 8.36. The largest absolute Gasteiger partial charge is 0.462 e. The monoisotopic (exact) mass is 268 g/mol. The zero-order valence-corrected chi connectivity index (χ0v) is 12.2. The molecule has 0 saturated heterocycles. The Kier molecular flexibility index (Phi) is 7.14. The topological polar surface area (TPSA) is 46.5 Å². The summed E-state index contributed by atoms with van der Waals surface area (Å²) in [6, 6.07) is 0. The zero-order chi connectivity index (χ0) is 14.1. The van der Waals surface area contributed by atoms with Gasteiger partial charge in [0.2, 0.25) is 0 Å². The molecule has 0 aromatic heterocycles. The van der Waals surface area contributed by atoms with E-state index in [4.69, 9.17) is 4.74 Å². The third kappa shape index (κ3) is 5.77. The molecule has 1 aliphatic carbocycles. The van der Waals surface area contributed by atoms with Gasteiger partial charge in [0.1, 0.15) is 0 Å². The molecule has 3 nitrogen and oxygen atoms in total. The highest BCUT2D eigenvalue weighted by atomic mass is 16.5. The van der Waals surface area contributed by atoms with Crippen molar-refractivity contribution in [3.8, 4) is 0 Å². The first-order valence-electron chi connectivity index (χ1n) is 7.53. The third-order valence-electron chi connectivity index (χ3n) is 4.11. The summed E-state index contributed by atoms with van der Waals surface area (Å²) in [5, 5.41) is 9.76. The van der Waals surface area contributed by atoms with Crippen molar-refractivity contribution in [1.82, 2.24) is 0 Å². The number of carbonyl (C=O) groups is 1. The van der Waals surface area contributed by atoms with E-state index in [1.807, 2.05) is 0 Å². The summed E-state index contributed by atoms with van der Waals surface area (Å²) in [7, 11) is 0. The summed E-state index contributed by atoms with van der Waals surface area (Å²) in [4.78, 5) is 11.5. The number of carbonyl (C=O) groups excluding carboxylic acids is 1. The molecule has 0 amide bonds. The maximum Gasteiger partial charge on any atom is 0.333 e. The molecule has 110 valence electrons. The molecule has 0 aromatic carbocycles. The van der Waals surface area contributed by atoms with Crippen LogP contribution in [0.2, 0.25) is 0 Å². The quantitative estimate of drug-likeness (QED) is 0.626. The van der Waals surface area contributed by atoms with Crippen LogP contribution < -0.4 is 0 Å². The SMILES string of the molecule is C=C(C)C(=O)OCC1(CO)CCCCCCCCC1. The Balaban J connectivity index is 2.56. The second-order valence-electron chi connectivity index (χ2n) is 5.99. The molecule has 0 aliphatic heterocycles. The maximum atomic E-state index is 11.5. The van der Waals surface area contributed by atoms with Crippen LogP contribution in [0.15, 0.2) is 12.2 Å². The highest BCUT2D eigenvalue weighted by Gasteiger charge is 2.30. The van der Waals surface area contributed by atoms with Crippen LogP contribution in [0.3, 0.4) is 0 Å². The fourth-order valence-electron chi connectivity index (χ4n) is 2.70. The smallest absolute Gasteiger partial charge is 0.333 e. The highest BCUT2D eigenvalue weighted by Crippen LogP contribution is 2.33. The minimum atomic E-state index is -0.343. The van der Waals surface area contributed by atoms with E-state index in [2.05, 4.69) is 6.58 Å². The highest BCUT2D eigenvalue weighted by molar-refractivity contribution is 5.86. The van der Waals surface area contributed by atoms with E-state index in [9.17, 15) is 9.90 Å². The number of aliphatic hydroxyl groups excluding tert-OH is 1. The van der Waals surface area contributed by atoms with Crippen molar-refractivity contribution >= 4 is 5.97 Å². The third-order valence-corrected chi connectivity index (χ3v) is 4.11. The van der Waals surface area contributed by atoms with Crippen molar-refractivity contribution in [2.24, 2.45) is 5.41 Å². The average molecular weight is 268 g/mol. The van der Waals surface area contributed by atoms with Crippen molar-refractivity contribution in [2.45, 2.75) is 64.7 Å². The number of ether oxygens (including phenoxy) is 1. The number of rotatable bonds is 4. The van der Waals surface area contributed by atoms with Gasteiger partial charge in [0.05, 0.1) is 13.2 Å². The Labute approximate surface area is 117 Å². The standard InChI is InChI=1S/C16H28O3/c1-14(2)15(18)19-13-16(12-17)10-8-6-4-3-5-7-9-11-16/h17H,1,3-13H2,2H3. The van der Waals surface area contributed by atoms with Crippen LogP contribution in [0.5, 0.6) is 0 Å². The average Bonchev–Trinajstić information content (AvgIpc) is 2.42. The summed E-state index contributed by atoms with van der Waals surface area (Å²) < 4.78 is 5.31. The molecule has 1 fully saturated rings. The molecule has 0 heterocycles. The first-order valence-corrected chi connectivity index (χ1v) is 7.53. The van der Waals surface area contributed by atoms with Gasteiger partial charge in [-0.25, -0.2) is 4.79 Å². The summed E-state index contributed by atoms with van der Waals surface area (Å²) >= 11 is 0. The van der Waals surface area contributed by atoms with E-state index >= 15 is 0 Å². The molecule has 0 unspecified atom stereocenters. The molecule has 3 heteroatoms. The van der Waals surface area contributed by atoms with E-state index in [1.165, 1.54) is 32.1 Å². The molecule has 19 heavy (non-hydrogen) atoms. The fraction of sp³-hybridized carbons (Fsp3) is 0.812. The van der Waals surface area contributed by atoms with Gasteiger partial charge in [-0.2, -0.15) is 0 Å². The van der Waals surface area contributed by atoms with E-state index < -0.39 is 0 Å². The van der Waals surface area contributed by atoms with E-state index in [1.54, 1.807) is 6.92 Å². The lowest BCUT2D eigenvalue weighted by molar-refractivity contribution is -0.144. The number of esters is 1. The van der Waals surface area contributed by atoms with E-state index in [-0.39, 0.29) is 18.0 Å². The lowest BCUT2D eigenvalue weighted by Crippen LogP contribution is -2.33. The van der Waals surface area contributed by atoms with Crippen molar-refractivity contribution in [2.75, 3.05) is 13.2 Å². The molecule has 1 rings (SSSR count). The predicted octanol–water partition coefficient (Wildman–Crippen LogP) is 3.61. The van der Waals surface area contributed by atoms with E-state index in [0.717, 1.165) is 25.7 Å². The lowest BCUT2D eigenvalue weighted by atomic mass is 9.78. The second-order valence-corrected chi connectivity index (χ2v) is 5.99. The molecular formula is C16H28O3. The van der Waals surface area contributed by atoms with Gasteiger partial charge in [-0.3, -0.25) is 0 Å². The number of hydrogen-bond acceptors (Lipinski definition) is 3. The van der Waals surface area contributed by atoms with Gasteiger partial charge in [0.15, 0.2) is 0 Å². The van der Waals surface area contributed by atoms with Crippen LogP contribution in [0.1, 0.15) is 64.7 Å². The first kappa shape index (κ1) is 16.2. The van der Waals surface area contributed by atoms with Crippen molar-refractivity contribution in [3.63, 3.8) is 0 Å². The zero-order valence-electron chi connectivity index (χ0n) is 12.2. The molecule has 0 aromatic rings. The normalized spacial score (nSPS) is 20.5. The number of hydrogen-bond donors (Lipinski definition) is 1. The Morgan fingerprint density at radius 2 is 1.58 bits per heavy atom. The van der Waals surface area contributed by atoms with Gasteiger partial charge < -0.3 is 9.84 Å². The van der Waals surface area contributed by atoms with Gasteiger partial charge in [0, 0.05) is 11.0 Å². The van der Waals surface area contributed by atoms with Gasteiger partial charge >= 0.3 is 5.97 Å². The van der Waals surface area contributed by atoms with Crippen LogP contribution in [-0.4, -0.2) is 24.3 Å². The predicted molar refractivity (Wildman–Crippen MR) is 76.8 cm³/mol. The Hall–Kier alpha value is -0.830. The van der Waals surface area contributed by atoms with Gasteiger partial charge in [-0.05, 0) is 19.8 Å². The molecular weight excluding hydrogens is 240 g/mol. The first-order chi connectivity index (χ1) is 9.09. The minimum absolute atomic E-state index is 0.108. The molecule has 1 N–H and O–H groups in total. The number of aliphatic hydroxyl groups is 1. The molecule has 0 bridgehead atoms. The van der Waals surface area contributed by atoms with E-state index in [0.29, 0.717) is 12.2 Å². The van der Waals surface area contributed by atoms with Gasteiger partial charge in [-0.15, -0.1) is 0 Å². The molecule has 0 radical (unpaired) electrons. The van der Waals surface area contributed by atoms with Crippen LogP contribution in [0.4, 0.5) is 0 Å². The molecule has 0 atom stereocenters. The van der Waals surface area contributed by atoms with Crippen molar-refractivity contribution in [3.05, 3.63) is 12.2 Å². The van der Waals surface area contributed by atoms with Crippen LogP contribution in [0, 0.1) is 5.41 Å². The lowest BCUT2D eigenvalue weighted by Gasteiger charge is -2.32. The van der Waals surface area contributed by atoms with Gasteiger partial charge in [-0.1, -0.05) is 51.5 Å². The van der Waals surface area contributed by atoms with Crippen LogP contribution in [0.25, 0.3) is 0 Å². The fourth-order valence-corrected chi connectivity index (χ4v) is 2.70. The molecule has 1 saturated carbocycles. The summed E-state index contributed by atoms with van der Waals surface area (Å²) in [6.45, 7) is 5.68. The Morgan fingerprint density at radius 3 is 2.00 bits per heavy atom. The molecule has 0 spiro atoms. The van der Waals surface area contributed by atoms with Crippen molar-refractivity contribution < 1.29 is 14.6 Å². The van der Waals surface area contributed by atoms with Gasteiger partial charge in [0.25, 0.3) is 0 Å². The summed E-state index contributed by atoms with van der Waals surface area (Å²) in [5.74, 6) is -0.343. The summed E-state index contributed by atoms with van der Waals surface area (Å²) in [6.07, 6.45) is 10.5.